The second-order valence-electron chi connectivity index (χ2n) is 8.11. The number of fused-ring (bicyclic) bond motifs is 2. The van der Waals surface area contributed by atoms with Crippen molar-refractivity contribution in [3.05, 3.63) is 59.7 Å². The van der Waals surface area contributed by atoms with Crippen LogP contribution in [0.3, 0.4) is 0 Å². The summed E-state index contributed by atoms with van der Waals surface area (Å²) < 4.78 is 45.3. The Labute approximate surface area is 181 Å². The number of aromatic nitrogens is 1. The van der Waals surface area contributed by atoms with Crippen molar-refractivity contribution in [3.8, 4) is 11.5 Å². The number of alkyl halides is 3. The lowest BCUT2D eigenvalue weighted by atomic mass is 10.1. The molecule has 1 aliphatic heterocycles. The van der Waals surface area contributed by atoms with Crippen molar-refractivity contribution in [2.45, 2.75) is 32.0 Å². The highest BCUT2D eigenvalue weighted by molar-refractivity contribution is 5.96. The Balaban J connectivity index is 1.71. The molecule has 0 amide bonds. The van der Waals surface area contributed by atoms with Crippen LogP contribution in [0.25, 0.3) is 33.3 Å². The molecule has 1 N–H and O–H groups in total. The minimum Gasteiger partial charge on any atom is -0.478 e. The van der Waals surface area contributed by atoms with Crippen molar-refractivity contribution < 1.29 is 27.5 Å². The zero-order chi connectivity index (χ0) is 22.6. The number of carbonyl (C=O) groups is 1. The van der Waals surface area contributed by atoms with Crippen molar-refractivity contribution in [3.63, 3.8) is 0 Å². The number of furan rings is 1. The average molecular weight is 440 g/mol. The largest absolute Gasteiger partial charge is 0.478 e. The van der Waals surface area contributed by atoms with Gasteiger partial charge in [0.15, 0.2) is 5.76 Å². The number of carboxylic acids is 1. The van der Waals surface area contributed by atoms with Crippen LogP contribution in [0, 0.1) is 0 Å². The number of benzene rings is 2. The van der Waals surface area contributed by atoms with Gasteiger partial charge in [-0.15, -0.1) is 0 Å². The van der Waals surface area contributed by atoms with E-state index in [0.29, 0.717) is 33.3 Å². The monoisotopic (exact) mass is 440 g/mol. The van der Waals surface area contributed by atoms with Gasteiger partial charge in [0.25, 0.3) is 0 Å². The Kier molecular flexibility index (Phi) is 4.62. The van der Waals surface area contributed by atoms with E-state index in [1.165, 1.54) is 12.1 Å². The summed E-state index contributed by atoms with van der Waals surface area (Å²) in [6.45, 7) is 2.90. The van der Waals surface area contributed by atoms with Crippen LogP contribution in [0.2, 0.25) is 0 Å². The minimum absolute atomic E-state index is 0.163. The Morgan fingerprint density at radius 1 is 1.12 bits per heavy atom. The first-order valence-electron chi connectivity index (χ1n) is 10.3. The second-order valence-corrected chi connectivity index (χ2v) is 8.11. The van der Waals surface area contributed by atoms with Gasteiger partial charge in [-0.3, -0.25) is 0 Å². The van der Waals surface area contributed by atoms with Crippen molar-refractivity contribution in [1.82, 2.24) is 4.98 Å². The molecule has 0 spiro atoms. The van der Waals surface area contributed by atoms with E-state index in [4.69, 9.17) is 9.40 Å². The first-order chi connectivity index (χ1) is 15.2. The molecule has 164 valence electrons. The van der Waals surface area contributed by atoms with Crippen LogP contribution in [-0.2, 0) is 6.18 Å². The molecule has 0 aliphatic carbocycles. The van der Waals surface area contributed by atoms with Crippen molar-refractivity contribution >= 4 is 33.5 Å². The molecule has 2 aromatic carbocycles. The molecule has 3 heterocycles. The summed E-state index contributed by atoms with van der Waals surface area (Å²) in [7, 11) is 0. The number of anilines is 1. The Hall–Kier alpha value is -3.55. The first-order valence-corrected chi connectivity index (χ1v) is 10.3. The van der Waals surface area contributed by atoms with Crippen molar-refractivity contribution in [2.24, 2.45) is 0 Å². The third-order valence-corrected chi connectivity index (χ3v) is 5.98. The molecule has 5 nitrogen and oxygen atoms in total. The molecule has 5 rings (SSSR count). The van der Waals surface area contributed by atoms with E-state index in [9.17, 15) is 23.1 Å². The lowest BCUT2D eigenvalue weighted by Crippen LogP contribution is -2.27. The molecule has 1 aliphatic rings. The summed E-state index contributed by atoms with van der Waals surface area (Å²) in [6.07, 6.45) is -2.44. The fourth-order valence-electron chi connectivity index (χ4n) is 4.33. The average Bonchev–Trinajstić information content (AvgIpc) is 3.37. The van der Waals surface area contributed by atoms with Gasteiger partial charge >= 0.3 is 12.1 Å². The maximum absolute atomic E-state index is 13.1. The molecule has 0 saturated carbocycles. The zero-order valence-corrected chi connectivity index (χ0v) is 17.1. The molecule has 0 unspecified atom stereocenters. The lowest BCUT2D eigenvalue weighted by Gasteiger charge is -2.26. The summed E-state index contributed by atoms with van der Waals surface area (Å²) >= 11 is 0. The van der Waals surface area contributed by atoms with Gasteiger partial charge in [0, 0.05) is 23.4 Å². The SMILES string of the molecule is C[C@H]1CCCN1c1cc2cc(C(=O)O)ccc2nc1-c1cc2cc(C(F)(F)F)ccc2o1. The maximum atomic E-state index is 13.1. The smallest absolute Gasteiger partial charge is 0.416 e. The number of rotatable bonds is 3. The Morgan fingerprint density at radius 2 is 1.94 bits per heavy atom. The molecule has 1 fully saturated rings. The van der Waals surface area contributed by atoms with E-state index in [-0.39, 0.29) is 11.6 Å². The highest BCUT2D eigenvalue weighted by atomic mass is 19.4. The van der Waals surface area contributed by atoms with Crippen LogP contribution >= 0.6 is 0 Å². The van der Waals surface area contributed by atoms with Crippen LogP contribution in [0.5, 0.6) is 0 Å². The second kappa shape index (κ2) is 7.25. The molecule has 4 aromatic rings. The van der Waals surface area contributed by atoms with E-state index in [1.807, 2.05) is 6.07 Å². The molecule has 32 heavy (non-hydrogen) atoms. The summed E-state index contributed by atoms with van der Waals surface area (Å²) in [6, 6.07) is 11.8. The van der Waals surface area contributed by atoms with Crippen LogP contribution < -0.4 is 4.90 Å². The molecule has 0 radical (unpaired) electrons. The van der Waals surface area contributed by atoms with Gasteiger partial charge in [0.2, 0.25) is 0 Å². The number of nitrogens with zero attached hydrogens (tertiary/aromatic N) is 2. The number of hydrogen-bond donors (Lipinski definition) is 1. The third-order valence-electron chi connectivity index (χ3n) is 5.98. The quantitative estimate of drug-likeness (QED) is 0.402. The highest BCUT2D eigenvalue weighted by Gasteiger charge is 2.31. The van der Waals surface area contributed by atoms with Crippen LogP contribution in [0.15, 0.2) is 52.9 Å². The number of hydrogen-bond acceptors (Lipinski definition) is 4. The topological polar surface area (TPSA) is 66.6 Å². The minimum atomic E-state index is -4.44. The fraction of sp³-hybridized carbons (Fsp3) is 0.250. The van der Waals surface area contributed by atoms with Gasteiger partial charge in [0.05, 0.1) is 22.3 Å². The molecular formula is C24H19F3N2O3. The normalized spacial score (nSPS) is 16.9. The predicted molar refractivity (Wildman–Crippen MR) is 115 cm³/mol. The molecule has 1 saturated heterocycles. The number of pyridine rings is 1. The summed E-state index contributed by atoms with van der Waals surface area (Å²) in [5, 5.41) is 10.4. The van der Waals surface area contributed by atoms with E-state index in [1.54, 1.807) is 18.2 Å². The van der Waals surface area contributed by atoms with Gasteiger partial charge in [-0.05, 0) is 68.3 Å². The Morgan fingerprint density at radius 3 is 2.62 bits per heavy atom. The molecule has 8 heteroatoms. The van der Waals surface area contributed by atoms with E-state index in [2.05, 4.69) is 11.8 Å². The highest BCUT2D eigenvalue weighted by Crippen LogP contribution is 2.39. The molecule has 0 bridgehead atoms. The number of aromatic carboxylic acids is 1. The molecule has 1 atom stereocenters. The first kappa shape index (κ1) is 20.4. The van der Waals surface area contributed by atoms with Crippen molar-refractivity contribution in [1.29, 1.82) is 0 Å². The summed E-state index contributed by atoms with van der Waals surface area (Å²) in [4.78, 5) is 18.3. The predicted octanol–water partition coefficient (Wildman–Crippen LogP) is 6.35. The fourth-order valence-corrected chi connectivity index (χ4v) is 4.33. The van der Waals surface area contributed by atoms with Crippen LogP contribution in [0.1, 0.15) is 35.7 Å². The van der Waals surface area contributed by atoms with E-state index < -0.39 is 17.7 Å². The van der Waals surface area contributed by atoms with Gasteiger partial charge < -0.3 is 14.4 Å². The van der Waals surface area contributed by atoms with Gasteiger partial charge in [-0.2, -0.15) is 13.2 Å². The van der Waals surface area contributed by atoms with Gasteiger partial charge in [-0.25, -0.2) is 9.78 Å². The van der Waals surface area contributed by atoms with Gasteiger partial charge in [0.1, 0.15) is 11.3 Å². The van der Waals surface area contributed by atoms with Gasteiger partial charge in [-0.1, -0.05) is 0 Å². The summed E-state index contributed by atoms with van der Waals surface area (Å²) in [5.74, 6) is -0.651. The van der Waals surface area contributed by atoms with E-state index >= 15 is 0 Å². The molecular weight excluding hydrogens is 421 g/mol. The zero-order valence-electron chi connectivity index (χ0n) is 17.1. The number of carboxylic acid groups (broad SMARTS) is 1. The standard InChI is InChI=1S/C24H19F3N2O3/c1-13-3-2-8-29(13)19-11-15-9-14(23(30)31)4-6-18(15)28-22(19)21-12-16-10-17(24(25,26)27)5-7-20(16)32-21/h4-7,9-13H,2-3,8H2,1H3,(H,30,31)/t13-/m0/s1. The maximum Gasteiger partial charge on any atom is 0.416 e. The van der Waals surface area contributed by atoms with Crippen LogP contribution in [0.4, 0.5) is 18.9 Å². The third kappa shape index (κ3) is 3.45. The Bertz CT molecular complexity index is 1360. The summed E-state index contributed by atoms with van der Waals surface area (Å²) in [5.41, 5.74) is 1.65. The lowest BCUT2D eigenvalue weighted by molar-refractivity contribution is -0.137. The van der Waals surface area contributed by atoms with Crippen LogP contribution in [-0.4, -0.2) is 28.6 Å². The van der Waals surface area contributed by atoms with E-state index in [0.717, 1.165) is 37.2 Å². The molecule has 2 aromatic heterocycles. The number of halogens is 3. The van der Waals surface area contributed by atoms with Crippen molar-refractivity contribution in [2.75, 3.05) is 11.4 Å².